The van der Waals surface area contributed by atoms with Gasteiger partial charge in [-0.3, -0.25) is 9.59 Å². The molecule has 5 rings (SSSR count). The molecule has 6 heteroatoms. The number of nitrogens with zero attached hydrogens (tertiary/aromatic N) is 2. The lowest BCUT2D eigenvalue weighted by Gasteiger charge is -2.54. The van der Waals surface area contributed by atoms with Crippen molar-refractivity contribution in [2.24, 2.45) is 11.7 Å². The summed E-state index contributed by atoms with van der Waals surface area (Å²) in [4.78, 5) is 34.4. The van der Waals surface area contributed by atoms with Crippen LogP contribution in [0, 0.1) is 5.92 Å². The first kappa shape index (κ1) is 17.9. The zero-order chi connectivity index (χ0) is 20.3. The van der Waals surface area contributed by atoms with Crippen molar-refractivity contribution >= 4 is 22.8 Å². The largest absolute Gasteiger partial charge is 0.366 e. The summed E-state index contributed by atoms with van der Waals surface area (Å²) in [6.45, 7) is 5.18. The molecule has 2 heterocycles. The summed E-state index contributed by atoms with van der Waals surface area (Å²) in [7, 11) is 0. The van der Waals surface area contributed by atoms with E-state index in [1.807, 2.05) is 35.2 Å². The second-order valence-corrected chi connectivity index (χ2v) is 8.60. The number of primary amides is 1. The van der Waals surface area contributed by atoms with Crippen LogP contribution in [0.2, 0.25) is 0 Å². The van der Waals surface area contributed by atoms with Crippen molar-refractivity contribution in [3.8, 4) is 0 Å². The fourth-order valence-electron chi connectivity index (χ4n) is 5.26. The standard InChI is InChI=1S/C23H24N4O2/c1-13-20-11-14-3-4-15(21(24)28)9-17(14)23(13,2)7-8-27(20)22(29)16-5-6-18-19(10-16)26-12-25-18/h3-6,9-10,12-13,20H,7-8,11H2,1-2H3,(H2,24,28)(H,25,26)/t13?,20?,23-/m1/s1. The first-order valence-electron chi connectivity index (χ1n) is 10.1. The van der Waals surface area contributed by atoms with Gasteiger partial charge in [0.05, 0.1) is 17.4 Å². The molecule has 0 spiro atoms. The van der Waals surface area contributed by atoms with E-state index in [-0.39, 0.29) is 23.3 Å². The maximum Gasteiger partial charge on any atom is 0.254 e. The van der Waals surface area contributed by atoms with Crippen molar-refractivity contribution in [1.29, 1.82) is 0 Å². The number of carbonyl (C=O) groups excluding carboxylic acids is 2. The van der Waals surface area contributed by atoms with Crippen LogP contribution in [0.3, 0.4) is 0 Å². The lowest BCUT2D eigenvalue weighted by molar-refractivity contribution is 0.0250. The van der Waals surface area contributed by atoms with Crippen LogP contribution in [0.4, 0.5) is 0 Å². The average molecular weight is 388 g/mol. The number of amides is 2. The van der Waals surface area contributed by atoms with Gasteiger partial charge in [0, 0.05) is 23.7 Å². The fraction of sp³-hybridized carbons (Fsp3) is 0.348. The number of hydrogen-bond acceptors (Lipinski definition) is 3. The Labute approximate surface area is 169 Å². The highest BCUT2D eigenvalue weighted by molar-refractivity contribution is 5.97. The van der Waals surface area contributed by atoms with Gasteiger partial charge in [0.15, 0.2) is 0 Å². The molecule has 148 valence electrons. The predicted octanol–water partition coefficient (Wildman–Crippen LogP) is 3.03. The van der Waals surface area contributed by atoms with E-state index in [0.29, 0.717) is 17.7 Å². The Bertz CT molecular complexity index is 1150. The molecule has 2 aliphatic rings. The normalized spacial score (nSPS) is 25.7. The van der Waals surface area contributed by atoms with Crippen molar-refractivity contribution in [2.75, 3.05) is 6.54 Å². The summed E-state index contributed by atoms with van der Waals surface area (Å²) in [5.74, 6) is -0.0442. The number of nitrogens with one attached hydrogen (secondary N) is 1. The number of hydrogen-bond donors (Lipinski definition) is 2. The van der Waals surface area contributed by atoms with E-state index < -0.39 is 5.91 Å². The lowest BCUT2D eigenvalue weighted by Crippen LogP contribution is -2.59. The lowest BCUT2D eigenvalue weighted by atomic mass is 9.58. The number of aromatic nitrogens is 2. The number of nitrogens with two attached hydrogens (primary N) is 1. The highest BCUT2D eigenvalue weighted by Crippen LogP contribution is 2.49. The van der Waals surface area contributed by atoms with E-state index in [2.05, 4.69) is 23.8 Å². The molecule has 3 N–H and O–H groups in total. The van der Waals surface area contributed by atoms with Crippen LogP contribution in [0.15, 0.2) is 42.7 Å². The van der Waals surface area contributed by atoms with Crippen LogP contribution in [-0.2, 0) is 11.8 Å². The van der Waals surface area contributed by atoms with Gasteiger partial charge in [-0.1, -0.05) is 19.9 Å². The van der Waals surface area contributed by atoms with Crippen LogP contribution in [0.1, 0.15) is 52.1 Å². The second kappa shape index (κ2) is 6.17. The zero-order valence-corrected chi connectivity index (χ0v) is 16.6. The maximum absolute atomic E-state index is 13.4. The van der Waals surface area contributed by atoms with E-state index in [0.717, 1.165) is 23.9 Å². The third-order valence-corrected chi connectivity index (χ3v) is 7.22. The Morgan fingerprint density at radius 1 is 1.21 bits per heavy atom. The molecule has 0 radical (unpaired) electrons. The van der Waals surface area contributed by atoms with E-state index >= 15 is 0 Å². The Hall–Kier alpha value is -3.15. The van der Waals surface area contributed by atoms with E-state index in [1.54, 1.807) is 12.4 Å². The molecule has 1 aliphatic carbocycles. The van der Waals surface area contributed by atoms with Gasteiger partial charge in [-0.15, -0.1) is 0 Å². The molecular weight excluding hydrogens is 364 g/mol. The highest BCUT2D eigenvalue weighted by Gasteiger charge is 2.49. The number of imidazole rings is 1. The smallest absolute Gasteiger partial charge is 0.254 e. The minimum Gasteiger partial charge on any atom is -0.366 e. The summed E-state index contributed by atoms with van der Waals surface area (Å²) in [6, 6.07) is 11.5. The van der Waals surface area contributed by atoms with E-state index in [9.17, 15) is 9.59 Å². The van der Waals surface area contributed by atoms with Crippen LogP contribution in [0.25, 0.3) is 11.0 Å². The van der Waals surface area contributed by atoms with Crippen LogP contribution < -0.4 is 5.73 Å². The van der Waals surface area contributed by atoms with Gasteiger partial charge in [0.25, 0.3) is 5.91 Å². The average Bonchev–Trinajstić information content (AvgIpc) is 3.18. The summed E-state index contributed by atoms with van der Waals surface area (Å²) < 4.78 is 0. The van der Waals surface area contributed by atoms with Crippen LogP contribution in [0.5, 0.6) is 0 Å². The van der Waals surface area contributed by atoms with E-state index in [1.165, 1.54) is 11.1 Å². The number of H-pyrrole nitrogens is 1. The molecule has 1 aromatic heterocycles. The molecule has 2 aromatic carbocycles. The number of rotatable bonds is 2. The molecule has 6 nitrogen and oxygen atoms in total. The van der Waals surface area contributed by atoms with E-state index in [4.69, 9.17) is 5.73 Å². The number of benzene rings is 2. The fourth-order valence-corrected chi connectivity index (χ4v) is 5.26. The molecule has 2 unspecified atom stereocenters. The van der Waals surface area contributed by atoms with Gasteiger partial charge >= 0.3 is 0 Å². The van der Waals surface area contributed by atoms with Gasteiger partial charge < -0.3 is 15.6 Å². The molecule has 29 heavy (non-hydrogen) atoms. The first-order chi connectivity index (χ1) is 13.9. The number of aromatic amines is 1. The Morgan fingerprint density at radius 2 is 2.00 bits per heavy atom. The summed E-state index contributed by atoms with van der Waals surface area (Å²) in [5, 5.41) is 0. The van der Waals surface area contributed by atoms with Gasteiger partial charge in [-0.25, -0.2) is 4.98 Å². The third-order valence-electron chi connectivity index (χ3n) is 7.22. The third kappa shape index (κ3) is 2.58. The summed E-state index contributed by atoms with van der Waals surface area (Å²) in [5.41, 5.74) is 10.8. The van der Waals surface area contributed by atoms with Crippen molar-refractivity contribution in [2.45, 2.75) is 38.1 Å². The van der Waals surface area contributed by atoms with Gasteiger partial charge in [0.2, 0.25) is 5.91 Å². The number of carbonyl (C=O) groups is 2. The SMILES string of the molecule is CC1C2Cc3ccc(C(N)=O)cc3[C@]1(C)CCN2C(=O)c1ccc2nc[nH]c2c1. The van der Waals surface area contributed by atoms with Gasteiger partial charge in [0.1, 0.15) is 0 Å². The molecule has 1 saturated heterocycles. The minimum atomic E-state index is -0.395. The second-order valence-electron chi connectivity index (χ2n) is 8.60. The van der Waals surface area contributed by atoms with Crippen LogP contribution >= 0.6 is 0 Å². The molecular formula is C23H24N4O2. The quantitative estimate of drug-likeness (QED) is 0.707. The molecule has 2 bridgehead atoms. The van der Waals surface area contributed by atoms with Crippen molar-refractivity contribution in [3.63, 3.8) is 0 Å². The Morgan fingerprint density at radius 3 is 2.79 bits per heavy atom. The highest BCUT2D eigenvalue weighted by atomic mass is 16.2. The summed E-state index contributed by atoms with van der Waals surface area (Å²) in [6.07, 6.45) is 3.30. The molecule has 0 saturated carbocycles. The number of fused-ring (bicyclic) bond motifs is 5. The molecule has 3 atom stereocenters. The number of likely N-dealkylation sites (tertiary alicyclic amines) is 1. The molecule has 3 aromatic rings. The van der Waals surface area contributed by atoms with Gasteiger partial charge in [-0.2, -0.15) is 0 Å². The molecule has 1 fully saturated rings. The van der Waals surface area contributed by atoms with Crippen molar-refractivity contribution < 1.29 is 9.59 Å². The maximum atomic E-state index is 13.4. The van der Waals surface area contributed by atoms with Crippen molar-refractivity contribution in [3.05, 3.63) is 65.0 Å². The Balaban J connectivity index is 1.51. The van der Waals surface area contributed by atoms with Crippen LogP contribution in [-0.4, -0.2) is 39.3 Å². The predicted molar refractivity (Wildman–Crippen MR) is 111 cm³/mol. The number of piperidine rings is 1. The molecule has 1 aliphatic heterocycles. The Kier molecular flexibility index (Phi) is 3.81. The topological polar surface area (TPSA) is 92.1 Å². The zero-order valence-electron chi connectivity index (χ0n) is 16.6. The minimum absolute atomic E-state index is 0.0672. The summed E-state index contributed by atoms with van der Waals surface area (Å²) >= 11 is 0. The first-order valence-corrected chi connectivity index (χ1v) is 10.1. The van der Waals surface area contributed by atoms with Crippen molar-refractivity contribution in [1.82, 2.24) is 14.9 Å². The van der Waals surface area contributed by atoms with Gasteiger partial charge in [-0.05, 0) is 65.6 Å². The monoisotopic (exact) mass is 388 g/mol. The molecule has 2 amide bonds.